The summed E-state index contributed by atoms with van der Waals surface area (Å²) >= 11 is 3.36. The van der Waals surface area contributed by atoms with Gasteiger partial charge in [-0.3, -0.25) is 0 Å². The van der Waals surface area contributed by atoms with E-state index in [0.717, 1.165) is 9.86 Å². The number of aliphatic hydroxyl groups is 2. The lowest BCUT2D eigenvalue weighted by atomic mass is 10.2. The topological polar surface area (TPSA) is 155 Å². The van der Waals surface area contributed by atoms with Crippen LogP contribution < -0.4 is 16.2 Å². The van der Waals surface area contributed by atoms with E-state index < -0.39 is 18.4 Å². The number of aromatic nitrogens is 4. The van der Waals surface area contributed by atoms with Crippen molar-refractivity contribution in [3.63, 3.8) is 0 Å². The number of pyridine rings is 1. The Morgan fingerprint density at radius 1 is 1.16 bits per heavy atom. The quantitative estimate of drug-likeness (QED) is 0.283. The number of hydrogen-bond donors (Lipinski definition) is 4. The Bertz CT molecular complexity index is 1250. The molecule has 10 nitrogen and oxygen atoms in total. The van der Waals surface area contributed by atoms with Crippen LogP contribution in [-0.4, -0.2) is 55.2 Å². The fourth-order valence-corrected chi connectivity index (χ4v) is 3.69. The summed E-state index contributed by atoms with van der Waals surface area (Å²) in [4.78, 5) is 12.5. The Morgan fingerprint density at radius 3 is 2.72 bits per heavy atom. The molecule has 4 rings (SSSR count). The van der Waals surface area contributed by atoms with Gasteiger partial charge >= 0.3 is 0 Å². The van der Waals surface area contributed by atoms with Crippen LogP contribution in [0.4, 0.5) is 11.6 Å². The molecule has 0 saturated heterocycles. The molecule has 168 valence electrons. The molecule has 3 aromatic heterocycles. The minimum Gasteiger partial charge on any atom is -0.491 e. The smallest absolute Gasteiger partial charge is 0.161 e. The maximum atomic E-state index is 10.3. The first-order valence-electron chi connectivity index (χ1n) is 9.87. The van der Waals surface area contributed by atoms with Crippen LogP contribution in [0.3, 0.4) is 0 Å². The largest absolute Gasteiger partial charge is 0.491 e. The zero-order valence-corrected chi connectivity index (χ0v) is 18.8. The predicted molar refractivity (Wildman–Crippen MR) is 124 cm³/mol. The van der Waals surface area contributed by atoms with Gasteiger partial charge in [-0.2, -0.15) is 0 Å². The third-order valence-electron chi connectivity index (χ3n) is 4.97. The van der Waals surface area contributed by atoms with E-state index in [4.69, 9.17) is 20.9 Å². The molecule has 0 radical (unpaired) electrons. The van der Waals surface area contributed by atoms with Gasteiger partial charge in [-0.1, -0.05) is 0 Å². The zero-order valence-electron chi connectivity index (χ0n) is 17.2. The van der Waals surface area contributed by atoms with Crippen LogP contribution in [0.25, 0.3) is 21.9 Å². The summed E-state index contributed by atoms with van der Waals surface area (Å²) in [6.45, 7) is 1.33. The number of benzene rings is 1. The van der Waals surface area contributed by atoms with Gasteiger partial charge in [0.2, 0.25) is 0 Å². The molecule has 4 aromatic rings. The molecule has 1 aromatic carbocycles. The maximum Gasteiger partial charge on any atom is 0.161 e. The number of rotatable bonds is 8. The molecular formula is C21H23BrN6O4. The van der Waals surface area contributed by atoms with Crippen molar-refractivity contribution in [1.82, 2.24) is 19.5 Å². The molecule has 0 aliphatic carbocycles. The van der Waals surface area contributed by atoms with Gasteiger partial charge in [0.25, 0.3) is 0 Å². The van der Waals surface area contributed by atoms with Crippen molar-refractivity contribution >= 4 is 49.5 Å². The lowest BCUT2D eigenvalue weighted by molar-refractivity contribution is -0.132. The molecule has 0 saturated carbocycles. The lowest BCUT2D eigenvalue weighted by Crippen LogP contribution is -2.34. The predicted octanol–water partition coefficient (Wildman–Crippen LogP) is 2.24. The van der Waals surface area contributed by atoms with E-state index >= 15 is 0 Å². The first-order chi connectivity index (χ1) is 15.4. The highest BCUT2D eigenvalue weighted by molar-refractivity contribution is 9.10. The van der Waals surface area contributed by atoms with Gasteiger partial charge in [-0.15, -0.1) is 0 Å². The van der Waals surface area contributed by atoms with E-state index in [9.17, 15) is 10.2 Å². The highest BCUT2D eigenvalue weighted by Gasteiger charge is 2.25. The molecule has 11 heteroatoms. The van der Waals surface area contributed by atoms with Crippen molar-refractivity contribution in [3.05, 3.63) is 47.3 Å². The van der Waals surface area contributed by atoms with Crippen LogP contribution in [0, 0.1) is 0 Å². The van der Waals surface area contributed by atoms with Gasteiger partial charge in [0.05, 0.1) is 28.1 Å². The van der Waals surface area contributed by atoms with Gasteiger partial charge in [0.1, 0.15) is 42.1 Å². The van der Waals surface area contributed by atoms with Crippen LogP contribution in [0.5, 0.6) is 5.75 Å². The van der Waals surface area contributed by atoms with Gasteiger partial charge in [-0.05, 0) is 47.1 Å². The number of hydrogen-bond acceptors (Lipinski definition) is 9. The Kier molecular flexibility index (Phi) is 6.42. The molecule has 0 spiro atoms. The number of ether oxygens (including phenoxy) is 2. The summed E-state index contributed by atoms with van der Waals surface area (Å²) in [6.07, 6.45) is 0.615. The minimum absolute atomic E-state index is 0.0492. The van der Waals surface area contributed by atoms with E-state index in [1.165, 1.54) is 6.33 Å². The molecule has 0 bridgehead atoms. The standard InChI is InChI=1S/C21H23BrN6O4/c1-11(30)21(28-5-4-15-18(23)25-10-26-20(15)28)32-14(8-29)9-31-13-3-2-12-6-16(22)19(24)27-17(12)7-13/h2-7,10-11,14,21,29-30H,8-9H2,1H3,(H2,24,27)(H2,23,25,26)/t11-,14+,21-/m1/s1. The Morgan fingerprint density at radius 2 is 1.97 bits per heavy atom. The van der Waals surface area contributed by atoms with Gasteiger partial charge < -0.3 is 35.7 Å². The lowest BCUT2D eigenvalue weighted by Gasteiger charge is -2.27. The molecule has 32 heavy (non-hydrogen) atoms. The molecule has 0 aliphatic rings. The Labute approximate surface area is 191 Å². The number of nitrogens with two attached hydrogens (primary N) is 2. The summed E-state index contributed by atoms with van der Waals surface area (Å²) in [5.74, 6) is 1.27. The average molecular weight is 503 g/mol. The van der Waals surface area contributed by atoms with Gasteiger partial charge in [0.15, 0.2) is 6.23 Å². The molecule has 0 unspecified atom stereocenters. The summed E-state index contributed by atoms with van der Waals surface area (Å²) < 4.78 is 14.2. The second kappa shape index (κ2) is 9.25. The van der Waals surface area contributed by atoms with Crippen molar-refractivity contribution in [2.75, 3.05) is 24.7 Å². The normalized spacial score (nSPS) is 14.5. The first kappa shape index (κ1) is 22.2. The minimum atomic E-state index is -0.901. The number of fused-ring (bicyclic) bond motifs is 2. The highest BCUT2D eigenvalue weighted by Crippen LogP contribution is 2.27. The summed E-state index contributed by atoms with van der Waals surface area (Å²) in [5.41, 5.74) is 13.0. The molecule has 0 aliphatic heterocycles. The molecule has 3 heterocycles. The van der Waals surface area contributed by atoms with E-state index in [-0.39, 0.29) is 13.2 Å². The number of aliphatic hydroxyl groups excluding tert-OH is 2. The summed E-state index contributed by atoms with van der Waals surface area (Å²) in [5, 5.41) is 21.7. The number of anilines is 2. The van der Waals surface area contributed by atoms with Crippen LogP contribution in [0.1, 0.15) is 13.2 Å². The summed E-state index contributed by atoms with van der Waals surface area (Å²) in [7, 11) is 0. The summed E-state index contributed by atoms with van der Waals surface area (Å²) in [6, 6.07) is 9.06. The second-order valence-corrected chi connectivity index (χ2v) is 8.17. The number of nitrogens with zero attached hydrogens (tertiary/aromatic N) is 4. The number of nitrogen functional groups attached to an aromatic ring is 2. The van der Waals surface area contributed by atoms with E-state index in [1.807, 2.05) is 12.1 Å². The van der Waals surface area contributed by atoms with Crippen molar-refractivity contribution in [1.29, 1.82) is 0 Å². The van der Waals surface area contributed by atoms with Gasteiger partial charge in [-0.25, -0.2) is 15.0 Å². The third-order valence-corrected chi connectivity index (χ3v) is 5.60. The van der Waals surface area contributed by atoms with E-state index in [2.05, 4.69) is 30.9 Å². The van der Waals surface area contributed by atoms with Crippen LogP contribution >= 0.6 is 15.9 Å². The molecule has 6 N–H and O–H groups in total. The second-order valence-electron chi connectivity index (χ2n) is 7.31. The van der Waals surface area contributed by atoms with Crippen LogP contribution in [-0.2, 0) is 4.74 Å². The maximum absolute atomic E-state index is 10.3. The van der Waals surface area contributed by atoms with E-state index in [0.29, 0.717) is 33.9 Å². The highest BCUT2D eigenvalue weighted by atomic mass is 79.9. The SMILES string of the molecule is C[C@@H](O)[C@@H](O[C@@H](CO)COc1ccc2cc(Br)c(N)nc2c1)n1ccc2c(N)ncnc21. The molecule has 0 fully saturated rings. The third kappa shape index (κ3) is 4.46. The van der Waals surface area contributed by atoms with Crippen LogP contribution in [0.15, 0.2) is 47.3 Å². The van der Waals surface area contributed by atoms with Crippen molar-refractivity contribution < 1.29 is 19.7 Å². The fraction of sp³-hybridized carbons (Fsp3) is 0.286. The van der Waals surface area contributed by atoms with Crippen molar-refractivity contribution in [2.24, 2.45) is 0 Å². The van der Waals surface area contributed by atoms with Crippen LogP contribution in [0.2, 0.25) is 0 Å². The Hall–Kier alpha value is -2.99. The molecule has 3 atom stereocenters. The number of halogens is 1. The molecular weight excluding hydrogens is 480 g/mol. The zero-order chi connectivity index (χ0) is 22.8. The fourth-order valence-electron chi connectivity index (χ4n) is 3.35. The molecule has 0 amide bonds. The Balaban J connectivity index is 1.51. The van der Waals surface area contributed by atoms with Crippen molar-refractivity contribution in [3.8, 4) is 5.75 Å². The van der Waals surface area contributed by atoms with Crippen molar-refractivity contribution in [2.45, 2.75) is 25.4 Å². The average Bonchev–Trinajstić information content (AvgIpc) is 3.20. The first-order valence-corrected chi connectivity index (χ1v) is 10.7. The monoisotopic (exact) mass is 502 g/mol. The van der Waals surface area contributed by atoms with E-state index in [1.54, 1.807) is 35.9 Å². The van der Waals surface area contributed by atoms with Gasteiger partial charge in [0, 0.05) is 17.6 Å².